The van der Waals surface area contributed by atoms with Crippen LogP contribution in [0.25, 0.3) is 0 Å². The topological polar surface area (TPSA) is 41.6 Å². The van der Waals surface area contributed by atoms with Crippen molar-refractivity contribution in [3.05, 3.63) is 59.7 Å². The Morgan fingerprint density at radius 1 is 1.16 bits per heavy atom. The third kappa shape index (κ3) is 4.53. The lowest BCUT2D eigenvalue weighted by Gasteiger charge is -2.25. The number of anilines is 2. The average Bonchev–Trinajstić information content (AvgIpc) is 2.97. The maximum atomic E-state index is 12.4. The van der Waals surface area contributed by atoms with Crippen molar-refractivity contribution in [2.24, 2.45) is 0 Å². The minimum absolute atomic E-state index is 0.271. The Morgan fingerprint density at radius 2 is 1.92 bits per heavy atom. The Hall–Kier alpha value is -2.49. The van der Waals surface area contributed by atoms with E-state index in [9.17, 15) is 4.79 Å². The Labute approximate surface area is 149 Å². The summed E-state index contributed by atoms with van der Waals surface area (Å²) in [5.41, 5.74) is 4.01. The van der Waals surface area contributed by atoms with E-state index in [4.69, 9.17) is 4.74 Å². The summed E-state index contributed by atoms with van der Waals surface area (Å²) in [7, 11) is 0. The number of nitrogens with one attached hydrogen (secondary N) is 1. The molecule has 1 aliphatic heterocycles. The molecule has 3 rings (SSSR count). The molecule has 0 saturated heterocycles. The van der Waals surface area contributed by atoms with Crippen LogP contribution in [0.2, 0.25) is 0 Å². The molecule has 0 aromatic heterocycles. The van der Waals surface area contributed by atoms with Crippen molar-refractivity contribution >= 4 is 17.5 Å². The van der Waals surface area contributed by atoms with Crippen LogP contribution in [0.5, 0.6) is 0 Å². The number of carbonyl (C=O) groups excluding carboxylic acids is 1. The minimum atomic E-state index is -0.481. The van der Waals surface area contributed by atoms with E-state index in [1.54, 1.807) is 4.90 Å². The molecule has 0 saturated carbocycles. The lowest BCUT2D eigenvalue weighted by Crippen LogP contribution is -2.35. The second kappa shape index (κ2) is 7.18. The highest BCUT2D eigenvalue weighted by atomic mass is 16.6. The van der Waals surface area contributed by atoms with Crippen molar-refractivity contribution in [1.29, 1.82) is 0 Å². The summed E-state index contributed by atoms with van der Waals surface area (Å²) >= 11 is 0. The molecule has 1 amide bonds. The standard InChI is InChI=1S/C21H26N2O2/c1-21(2,3)25-20(24)23-14-12-17-9-10-18(15-19(17)23)22-13-11-16-7-5-4-6-8-16/h4-10,15,22H,11-14H2,1-3H3. The second-order valence-corrected chi connectivity index (χ2v) is 7.39. The fraction of sp³-hybridized carbons (Fsp3) is 0.381. The largest absolute Gasteiger partial charge is 0.443 e. The monoisotopic (exact) mass is 338 g/mol. The van der Waals surface area contributed by atoms with E-state index in [1.807, 2.05) is 26.8 Å². The van der Waals surface area contributed by atoms with Gasteiger partial charge in [0.15, 0.2) is 0 Å². The van der Waals surface area contributed by atoms with Gasteiger partial charge in [0.25, 0.3) is 0 Å². The number of carbonyl (C=O) groups is 1. The van der Waals surface area contributed by atoms with E-state index in [2.05, 4.69) is 47.8 Å². The molecule has 0 fully saturated rings. The first-order valence-corrected chi connectivity index (χ1v) is 8.84. The molecule has 4 heteroatoms. The molecule has 2 aromatic rings. The number of rotatable bonds is 4. The van der Waals surface area contributed by atoms with E-state index < -0.39 is 5.60 Å². The SMILES string of the molecule is CC(C)(C)OC(=O)N1CCc2ccc(NCCc3ccccc3)cc21. The summed E-state index contributed by atoms with van der Waals surface area (Å²) in [5.74, 6) is 0. The molecule has 0 spiro atoms. The van der Waals surface area contributed by atoms with Crippen LogP contribution in [0.4, 0.5) is 16.2 Å². The van der Waals surface area contributed by atoms with Gasteiger partial charge in [0.05, 0.1) is 5.69 Å². The van der Waals surface area contributed by atoms with Gasteiger partial charge in [0.1, 0.15) is 5.60 Å². The second-order valence-electron chi connectivity index (χ2n) is 7.39. The molecule has 2 aromatic carbocycles. The summed E-state index contributed by atoms with van der Waals surface area (Å²) in [5, 5.41) is 3.45. The number of amides is 1. The molecule has 0 unspecified atom stereocenters. The first-order valence-electron chi connectivity index (χ1n) is 8.84. The zero-order valence-corrected chi connectivity index (χ0v) is 15.2. The summed E-state index contributed by atoms with van der Waals surface area (Å²) in [6.07, 6.45) is 1.57. The third-order valence-electron chi connectivity index (χ3n) is 4.18. The van der Waals surface area contributed by atoms with Gasteiger partial charge in [0.2, 0.25) is 0 Å². The van der Waals surface area contributed by atoms with E-state index >= 15 is 0 Å². The highest BCUT2D eigenvalue weighted by molar-refractivity contribution is 5.91. The number of nitrogens with zero attached hydrogens (tertiary/aromatic N) is 1. The van der Waals surface area contributed by atoms with Gasteiger partial charge in [-0.2, -0.15) is 0 Å². The quantitative estimate of drug-likeness (QED) is 0.883. The molecule has 0 bridgehead atoms. The molecule has 0 aliphatic carbocycles. The Kier molecular flexibility index (Phi) is 4.98. The van der Waals surface area contributed by atoms with Crippen molar-refractivity contribution < 1.29 is 9.53 Å². The van der Waals surface area contributed by atoms with Gasteiger partial charge in [-0.05, 0) is 56.9 Å². The summed E-state index contributed by atoms with van der Waals surface area (Å²) in [6.45, 7) is 7.21. The van der Waals surface area contributed by atoms with Crippen molar-refractivity contribution in [3.8, 4) is 0 Å². The van der Waals surface area contributed by atoms with Crippen LogP contribution in [-0.2, 0) is 17.6 Å². The fourth-order valence-electron chi connectivity index (χ4n) is 2.99. The summed E-state index contributed by atoms with van der Waals surface area (Å²) < 4.78 is 5.52. The Bertz CT molecular complexity index is 735. The van der Waals surface area contributed by atoms with Crippen LogP contribution in [0.3, 0.4) is 0 Å². The maximum absolute atomic E-state index is 12.4. The highest BCUT2D eigenvalue weighted by Gasteiger charge is 2.29. The third-order valence-corrected chi connectivity index (χ3v) is 4.18. The zero-order chi connectivity index (χ0) is 17.9. The molecular weight excluding hydrogens is 312 g/mol. The molecule has 132 valence electrons. The molecule has 4 nitrogen and oxygen atoms in total. The lowest BCUT2D eigenvalue weighted by atomic mass is 10.1. The van der Waals surface area contributed by atoms with E-state index in [0.29, 0.717) is 6.54 Å². The number of hydrogen-bond acceptors (Lipinski definition) is 3. The normalized spacial score (nSPS) is 13.5. The first kappa shape index (κ1) is 17.3. The summed E-state index contributed by atoms with van der Waals surface area (Å²) in [4.78, 5) is 14.2. The predicted molar refractivity (Wildman–Crippen MR) is 102 cm³/mol. The minimum Gasteiger partial charge on any atom is -0.443 e. The van der Waals surface area contributed by atoms with Crippen LogP contribution >= 0.6 is 0 Å². The van der Waals surface area contributed by atoms with Crippen LogP contribution in [0, 0.1) is 0 Å². The smallest absolute Gasteiger partial charge is 0.414 e. The van der Waals surface area contributed by atoms with Crippen LogP contribution in [-0.4, -0.2) is 24.8 Å². The maximum Gasteiger partial charge on any atom is 0.414 e. The molecule has 0 atom stereocenters. The van der Waals surface area contributed by atoms with Gasteiger partial charge in [-0.15, -0.1) is 0 Å². The molecule has 1 N–H and O–H groups in total. The van der Waals surface area contributed by atoms with Gasteiger partial charge in [-0.3, -0.25) is 4.90 Å². The molecule has 1 aliphatic rings. The van der Waals surface area contributed by atoms with Gasteiger partial charge >= 0.3 is 6.09 Å². The van der Waals surface area contributed by atoms with Crippen LogP contribution in [0.15, 0.2) is 48.5 Å². The summed E-state index contributed by atoms with van der Waals surface area (Å²) in [6, 6.07) is 16.7. The lowest BCUT2D eigenvalue weighted by molar-refractivity contribution is 0.0584. The zero-order valence-electron chi connectivity index (χ0n) is 15.2. The number of ether oxygens (including phenoxy) is 1. The van der Waals surface area contributed by atoms with Crippen LogP contribution in [0.1, 0.15) is 31.9 Å². The van der Waals surface area contributed by atoms with Crippen molar-refractivity contribution in [2.75, 3.05) is 23.3 Å². The van der Waals surface area contributed by atoms with E-state index in [-0.39, 0.29) is 6.09 Å². The van der Waals surface area contributed by atoms with Gasteiger partial charge in [-0.25, -0.2) is 4.79 Å². The van der Waals surface area contributed by atoms with E-state index in [0.717, 1.165) is 30.8 Å². The molecule has 25 heavy (non-hydrogen) atoms. The van der Waals surface area contributed by atoms with Gasteiger partial charge in [0, 0.05) is 18.8 Å². The van der Waals surface area contributed by atoms with Gasteiger partial charge in [-0.1, -0.05) is 36.4 Å². The van der Waals surface area contributed by atoms with Crippen molar-refractivity contribution in [1.82, 2.24) is 0 Å². The molecule has 1 heterocycles. The molecular formula is C21H26N2O2. The number of fused-ring (bicyclic) bond motifs is 1. The first-order chi connectivity index (χ1) is 11.9. The number of hydrogen-bond donors (Lipinski definition) is 1. The highest BCUT2D eigenvalue weighted by Crippen LogP contribution is 2.32. The van der Waals surface area contributed by atoms with Crippen LogP contribution < -0.4 is 10.2 Å². The molecule has 0 radical (unpaired) electrons. The van der Waals surface area contributed by atoms with Crippen molar-refractivity contribution in [3.63, 3.8) is 0 Å². The predicted octanol–water partition coefficient (Wildman–Crippen LogP) is 4.64. The van der Waals surface area contributed by atoms with Gasteiger partial charge < -0.3 is 10.1 Å². The average molecular weight is 338 g/mol. The number of benzene rings is 2. The Balaban J connectivity index is 1.64. The van der Waals surface area contributed by atoms with E-state index in [1.165, 1.54) is 11.1 Å². The fourth-order valence-corrected chi connectivity index (χ4v) is 2.99. The van der Waals surface area contributed by atoms with Crippen molar-refractivity contribution in [2.45, 2.75) is 39.2 Å². The Morgan fingerprint density at radius 3 is 2.64 bits per heavy atom.